The summed E-state index contributed by atoms with van der Waals surface area (Å²) in [5.41, 5.74) is 9.73. The zero-order chi connectivity index (χ0) is 8.84. The number of nitrogens with two attached hydrogens (primary N) is 1. The highest BCUT2D eigenvalue weighted by molar-refractivity contribution is 5.50. The zero-order valence-corrected chi connectivity index (χ0v) is 7.59. The Hall–Kier alpha value is -1.02. The van der Waals surface area contributed by atoms with Gasteiger partial charge in [0.05, 0.1) is 0 Å². The molecular weight excluding hydrogens is 160 g/mol. The van der Waals surface area contributed by atoms with E-state index in [0.29, 0.717) is 0 Å². The first kappa shape index (κ1) is 7.39. The highest BCUT2D eigenvalue weighted by atomic mass is 14.9. The number of piperidine rings is 1. The van der Waals surface area contributed by atoms with E-state index in [-0.39, 0.29) is 0 Å². The maximum Gasteiger partial charge on any atom is 0.0317 e. The zero-order valence-electron chi connectivity index (χ0n) is 7.59. The van der Waals surface area contributed by atoms with Crippen LogP contribution in [0.5, 0.6) is 0 Å². The number of hydrogen-bond acceptors (Lipinski definition) is 2. The molecule has 2 heteroatoms. The summed E-state index contributed by atoms with van der Waals surface area (Å²) in [6.07, 6.45) is 1.33. The molecule has 2 nitrogen and oxygen atoms in total. The fourth-order valence-electron chi connectivity index (χ4n) is 2.73. The van der Waals surface area contributed by atoms with E-state index in [2.05, 4.69) is 17.4 Å². The minimum Gasteiger partial charge on any atom is -0.399 e. The quantitative estimate of drug-likeness (QED) is 0.584. The van der Waals surface area contributed by atoms with Gasteiger partial charge in [-0.15, -0.1) is 0 Å². The highest BCUT2D eigenvalue weighted by Crippen LogP contribution is 2.43. The summed E-state index contributed by atoms with van der Waals surface area (Å²) in [7, 11) is 0. The van der Waals surface area contributed by atoms with Gasteiger partial charge in [-0.2, -0.15) is 0 Å². The number of anilines is 1. The van der Waals surface area contributed by atoms with Gasteiger partial charge in [0.2, 0.25) is 0 Å². The lowest BCUT2D eigenvalue weighted by atomic mass is 9.98. The standard InChI is InChI=1S/C11H14N2/c12-9-1-2-10-7-3-8(6-13-5-7)11(10)4-9/h1-2,4,7-8,13H,3,5-6,12H2/t7-,8+/m0/s1. The highest BCUT2D eigenvalue weighted by Gasteiger charge is 2.33. The average Bonchev–Trinajstić information content (AvgIpc) is 2.39. The monoisotopic (exact) mass is 174 g/mol. The van der Waals surface area contributed by atoms with Crippen LogP contribution in [0.25, 0.3) is 0 Å². The van der Waals surface area contributed by atoms with Crippen LogP contribution in [-0.4, -0.2) is 13.1 Å². The third-order valence-corrected chi connectivity index (χ3v) is 3.34. The molecule has 0 saturated carbocycles. The lowest BCUT2D eigenvalue weighted by Crippen LogP contribution is -2.28. The first-order chi connectivity index (χ1) is 6.34. The number of nitrogens with one attached hydrogen (secondary N) is 1. The van der Waals surface area contributed by atoms with Crippen molar-refractivity contribution in [3.05, 3.63) is 29.3 Å². The van der Waals surface area contributed by atoms with Crippen LogP contribution in [0.2, 0.25) is 0 Å². The number of nitrogen functional groups attached to an aromatic ring is 1. The van der Waals surface area contributed by atoms with Crippen molar-refractivity contribution in [2.75, 3.05) is 18.8 Å². The van der Waals surface area contributed by atoms with Gasteiger partial charge in [0.15, 0.2) is 0 Å². The van der Waals surface area contributed by atoms with Crippen LogP contribution in [-0.2, 0) is 0 Å². The Labute approximate surface area is 78.1 Å². The van der Waals surface area contributed by atoms with Crippen molar-refractivity contribution in [3.63, 3.8) is 0 Å². The van der Waals surface area contributed by atoms with E-state index in [1.54, 1.807) is 0 Å². The molecule has 13 heavy (non-hydrogen) atoms. The molecule has 3 N–H and O–H groups in total. The molecule has 0 spiro atoms. The van der Waals surface area contributed by atoms with E-state index in [4.69, 9.17) is 5.73 Å². The third kappa shape index (κ3) is 0.985. The van der Waals surface area contributed by atoms with E-state index in [1.165, 1.54) is 17.5 Å². The van der Waals surface area contributed by atoms with Crippen LogP contribution in [0.15, 0.2) is 18.2 Å². The molecule has 68 valence electrons. The van der Waals surface area contributed by atoms with E-state index in [1.807, 2.05) is 6.07 Å². The largest absolute Gasteiger partial charge is 0.399 e. The Morgan fingerprint density at radius 1 is 1.15 bits per heavy atom. The molecule has 1 saturated heterocycles. The van der Waals surface area contributed by atoms with Gasteiger partial charge in [0, 0.05) is 18.8 Å². The van der Waals surface area contributed by atoms with Crippen LogP contribution in [0.4, 0.5) is 5.69 Å². The van der Waals surface area contributed by atoms with Gasteiger partial charge in [0.1, 0.15) is 0 Å². The molecule has 0 aromatic heterocycles. The molecule has 1 aliphatic heterocycles. The second-order valence-electron chi connectivity index (χ2n) is 4.18. The second-order valence-corrected chi connectivity index (χ2v) is 4.18. The van der Waals surface area contributed by atoms with E-state index in [0.717, 1.165) is 30.6 Å². The van der Waals surface area contributed by atoms with Crippen molar-refractivity contribution in [3.8, 4) is 0 Å². The normalized spacial score (nSPS) is 30.2. The molecular formula is C11H14N2. The predicted molar refractivity (Wildman–Crippen MR) is 53.8 cm³/mol. The van der Waals surface area contributed by atoms with Gasteiger partial charge in [-0.3, -0.25) is 0 Å². The van der Waals surface area contributed by atoms with Gasteiger partial charge in [-0.1, -0.05) is 6.07 Å². The van der Waals surface area contributed by atoms with Crippen molar-refractivity contribution in [1.29, 1.82) is 0 Å². The van der Waals surface area contributed by atoms with E-state index < -0.39 is 0 Å². The lowest BCUT2D eigenvalue weighted by Gasteiger charge is -2.19. The molecule has 3 rings (SSSR count). The van der Waals surface area contributed by atoms with Crippen LogP contribution in [0.3, 0.4) is 0 Å². The molecule has 0 radical (unpaired) electrons. The summed E-state index contributed by atoms with van der Waals surface area (Å²) in [6, 6.07) is 6.40. The van der Waals surface area contributed by atoms with E-state index in [9.17, 15) is 0 Å². The maximum absolute atomic E-state index is 5.79. The average molecular weight is 174 g/mol. The number of hydrogen-bond donors (Lipinski definition) is 2. The fourth-order valence-corrected chi connectivity index (χ4v) is 2.73. The summed E-state index contributed by atoms with van der Waals surface area (Å²) in [6.45, 7) is 2.28. The molecule has 1 aliphatic carbocycles. The topological polar surface area (TPSA) is 38.0 Å². The second kappa shape index (κ2) is 2.48. The summed E-state index contributed by atoms with van der Waals surface area (Å²) >= 11 is 0. The Kier molecular flexibility index (Phi) is 1.41. The number of benzene rings is 1. The Morgan fingerprint density at radius 2 is 1.92 bits per heavy atom. The van der Waals surface area contributed by atoms with Gasteiger partial charge >= 0.3 is 0 Å². The third-order valence-electron chi connectivity index (χ3n) is 3.34. The molecule has 0 unspecified atom stereocenters. The van der Waals surface area contributed by atoms with Crippen molar-refractivity contribution in [1.82, 2.24) is 5.32 Å². The SMILES string of the molecule is Nc1ccc2c(c1)[C@H]1CNC[C@@H]2C1. The predicted octanol–water partition coefficient (Wildman–Crippen LogP) is 1.44. The first-order valence-corrected chi connectivity index (χ1v) is 4.94. The molecule has 2 atom stereocenters. The molecule has 1 heterocycles. The lowest BCUT2D eigenvalue weighted by molar-refractivity contribution is 0.454. The summed E-state index contributed by atoms with van der Waals surface area (Å²) < 4.78 is 0. The number of fused-ring (bicyclic) bond motifs is 5. The minimum absolute atomic E-state index is 0.720. The smallest absolute Gasteiger partial charge is 0.0317 e. The summed E-state index contributed by atoms with van der Waals surface area (Å²) in [5, 5.41) is 3.47. The van der Waals surface area contributed by atoms with Crippen molar-refractivity contribution < 1.29 is 0 Å². The first-order valence-electron chi connectivity index (χ1n) is 4.94. The fraction of sp³-hybridized carbons (Fsp3) is 0.455. The van der Waals surface area contributed by atoms with Crippen LogP contribution >= 0.6 is 0 Å². The van der Waals surface area contributed by atoms with Crippen molar-refractivity contribution in [2.24, 2.45) is 0 Å². The Morgan fingerprint density at radius 3 is 2.77 bits per heavy atom. The summed E-state index contributed by atoms with van der Waals surface area (Å²) in [5.74, 6) is 1.46. The molecule has 2 bridgehead atoms. The molecule has 1 aromatic rings. The molecule has 0 amide bonds. The van der Waals surface area contributed by atoms with Crippen LogP contribution in [0.1, 0.15) is 29.4 Å². The molecule has 1 aromatic carbocycles. The molecule has 1 fully saturated rings. The maximum atomic E-state index is 5.79. The van der Waals surface area contributed by atoms with Gasteiger partial charge < -0.3 is 11.1 Å². The van der Waals surface area contributed by atoms with Gasteiger partial charge in [-0.05, 0) is 41.5 Å². The summed E-state index contributed by atoms with van der Waals surface area (Å²) in [4.78, 5) is 0. The Balaban J connectivity index is 2.15. The molecule has 2 aliphatic rings. The van der Waals surface area contributed by atoms with Crippen molar-refractivity contribution >= 4 is 5.69 Å². The van der Waals surface area contributed by atoms with Crippen LogP contribution < -0.4 is 11.1 Å². The van der Waals surface area contributed by atoms with Crippen LogP contribution in [0, 0.1) is 0 Å². The van der Waals surface area contributed by atoms with Gasteiger partial charge in [0.25, 0.3) is 0 Å². The van der Waals surface area contributed by atoms with E-state index >= 15 is 0 Å². The Bertz CT molecular complexity index is 346. The number of rotatable bonds is 0. The van der Waals surface area contributed by atoms with Crippen molar-refractivity contribution in [2.45, 2.75) is 18.3 Å². The minimum atomic E-state index is 0.720. The van der Waals surface area contributed by atoms with Gasteiger partial charge in [-0.25, -0.2) is 0 Å².